The molecule has 0 spiro atoms. The number of aryl methyl sites for hydroxylation is 1. The molecule has 1 aromatic carbocycles. The Labute approximate surface area is 128 Å². The topological polar surface area (TPSA) is 29.5 Å². The van der Waals surface area contributed by atoms with Crippen LogP contribution in [0, 0.1) is 12.8 Å². The first-order valence-electron chi connectivity index (χ1n) is 7.30. The molecule has 20 heavy (non-hydrogen) atoms. The minimum absolute atomic E-state index is 0.161. The van der Waals surface area contributed by atoms with Crippen LogP contribution in [0.5, 0.6) is 0 Å². The standard InChI is InChI=1S/C16H20BrNO2/c1-3-20-16(19)18-5-4-11-7-13-10(2)6-12(17)8-14(13)15(11)9-18/h6,8,11,15H,3-5,7,9H2,1-2H3. The molecule has 1 aliphatic heterocycles. The summed E-state index contributed by atoms with van der Waals surface area (Å²) in [7, 11) is 0. The molecule has 3 rings (SSSR count). The zero-order valence-electron chi connectivity index (χ0n) is 12.0. The molecule has 2 atom stereocenters. The fourth-order valence-corrected chi connectivity index (χ4v) is 4.24. The largest absolute Gasteiger partial charge is 0.450 e. The molecule has 0 aromatic heterocycles. The molecule has 1 aromatic rings. The van der Waals surface area contributed by atoms with Crippen LogP contribution < -0.4 is 0 Å². The van der Waals surface area contributed by atoms with Crippen molar-refractivity contribution in [1.29, 1.82) is 0 Å². The van der Waals surface area contributed by atoms with Crippen LogP contribution in [0.25, 0.3) is 0 Å². The number of carbonyl (C=O) groups is 1. The van der Waals surface area contributed by atoms with E-state index in [2.05, 4.69) is 35.0 Å². The quantitative estimate of drug-likeness (QED) is 0.778. The van der Waals surface area contributed by atoms with Crippen LogP contribution in [0.2, 0.25) is 0 Å². The van der Waals surface area contributed by atoms with Gasteiger partial charge < -0.3 is 9.64 Å². The third-order valence-electron chi connectivity index (χ3n) is 4.62. The third kappa shape index (κ3) is 2.34. The van der Waals surface area contributed by atoms with Gasteiger partial charge >= 0.3 is 6.09 Å². The summed E-state index contributed by atoms with van der Waals surface area (Å²) < 4.78 is 6.28. The Bertz CT molecular complexity index is 544. The minimum Gasteiger partial charge on any atom is -0.450 e. The van der Waals surface area contributed by atoms with E-state index in [9.17, 15) is 4.79 Å². The number of ether oxygens (including phenoxy) is 1. The number of halogens is 1. The van der Waals surface area contributed by atoms with Crippen molar-refractivity contribution < 1.29 is 9.53 Å². The van der Waals surface area contributed by atoms with Gasteiger partial charge in [0.2, 0.25) is 0 Å². The Hall–Kier alpha value is -1.03. The highest BCUT2D eigenvalue weighted by atomic mass is 79.9. The van der Waals surface area contributed by atoms with E-state index in [1.807, 2.05) is 11.8 Å². The number of piperidine rings is 1. The second-order valence-electron chi connectivity index (χ2n) is 5.79. The number of fused-ring (bicyclic) bond motifs is 3. The van der Waals surface area contributed by atoms with Crippen LogP contribution in [0.15, 0.2) is 16.6 Å². The van der Waals surface area contributed by atoms with Crippen molar-refractivity contribution in [3.63, 3.8) is 0 Å². The van der Waals surface area contributed by atoms with Crippen molar-refractivity contribution in [3.8, 4) is 0 Å². The van der Waals surface area contributed by atoms with E-state index >= 15 is 0 Å². The summed E-state index contributed by atoms with van der Waals surface area (Å²) >= 11 is 3.60. The Balaban J connectivity index is 1.85. The number of benzene rings is 1. The monoisotopic (exact) mass is 337 g/mol. The van der Waals surface area contributed by atoms with Gasteiger partial charge in [0.05, 0.1) is 6.61 Å². The van der Waals surface area contributed by atoms with Crippen LogP contribution in [0.3, 0.4) is 0 Å². The molecule has 0 saturated carbocycles. The van der Waals surface area contributed by atoms with Crippen LogP contribution in [-0.2, 0) is 11.2 Å². The second-order valence-corrected chi connectivity index (χ2v) is 6.71. The van der Waals surface area contributed by atoms with E-state index in [4.69, 9.17) is 4.74 Å². The molecule has 0 bridgehead atoms. The van der Waals surface area contributed by atoms with Gasteiger partial charge in [0.1, 0.15) is 0 Å². The highest BCUT2D eigenvalue weighted by Crippen LogP contribution is 2.45. The van der Waals surface area contributed by atoms with Gasteiger partial charge in [0, 0.05) is 23.5 Å². The molecule has 1 amide bonds. The molecule has 2 aliphatic rings. The maximum atomic E-state index is 11.9. The number of nitrogens with zero attached hydrogens (tertiary/aromatic N) is 1. The molecule has 2 unspecified atom stereocenters. The van der Waals surface area contributed by atoms with Gasteiger partial charge in [-0.1, -0.05) is 15.9 Å². The lowest BCUT2D eigenvalue weighted by Gasteiger charge is -2.34. The summed E-state index contributed by atoms with van der Waals surface area (Å²) in [4.78, 5) is 13.8. The fraction of sp³-hybridized carbons (Fsp3) is 0.562. The fourth-order valence-electron chi connectivity index (χ4n) is 3.65. The molecular weight excluding hydrogens is 318 g/mol. The highest BCUT2D eigenvalue weighted by Gasteiger charge is 2.39. The van der Waals surface area contributed by atoms with Crippen molar-refractivity contribution in [2.75, 3.05) is 19.7 Å². The average molecular weight is 338 g/mol. The molecule has 1 fully saturated rings. The average Bonchev–Trinajstić information content (AvgIpc) is 2.77. The normalized spacial score (nSPS) is 24.2. The summed E-state index contributed by atoms with van der Waals surface area (Å²) in [5.74, 6) is 1.16. The molecule has 4 heteroatoms. The first kappa shape index (κ1) is 13.9. The Morgan fingerprint density at radius 2 is 2.30 bits per heavy atom. The summed E-state index contributed by atoms with van der Waals surface area (Å²) in [5, 5.41) is 0. The number of rotatable bonds is 1. The summed E-state index contributed by atoms with van der Waals surface area (Å²) in [6.07, 6.45) is 2.08. The van der Waals surface area contributed by atoms with Gasteiger partial charge in [0.25, 0.3) is 0 Å². The number of carbonyl (C=O) groups excluding carboxylic acids is 1. The van der Waals surface area contributed by atoms with Gasteiger partial charge in [-0.25, -0.2) is 4.79 Å². The van der Waals surface area contributed by atoms with Gasteiger partial charge in [-0.05, 0) is 61.4 Å². The van der Waals surface area contributed by atoms with E-state index in [0.717, 1.165) is 30.4 Å². The summed E-state index contributed by atoms with van der Waals surface area (Å²) in [6.45, 7) is 6.12. The molecule has 108 valence electrons. The van der Waals surface area contributed by atoms with Crippen LogP contribution in [0.4, 0.5) is 4.79 Å². The van der Waals surface area contributed by atoms with E-state index in [-0.39, 0.29) is 6.09 Å². The molecule has 3 nitrogen and oxygen atoms in total. The molecule has 0 N–H and O–H groups in total. The maximum absolute atomic E-state index is 11.9. The van der Waals surface area contributed by atoms with Crippen molar-refractivity contribution in [1.82, 2.24) is 4.90 Å². The number of hydrogen-bond acceptors (Lipinski definition) is 2. The van der Waals surface area contributed by atoms with Gasteiger partial charge in [-0.2, -0.15) is 0 Å². The van der Waals surface area contributed by atoms with E-state index < -0.39 is 0 Å². The molecule has 1 aliphatic carbocycles. The zero-order chi connectivity index (χ0) is 14.3. The van der Waals surface area contributed by atoms with Gasteiger partial charge in [-0.15, -0.1) is 0 Å². The first-order valence-corrected chi connectivity index (χ1v) is 8.10. The van der Waals surface area contributed by atoms with Gasteiger partial charge in [0.15, 0.2) is 0 Å². The highest BCUT2D eigenvalue weighted by molar-refractivity contribution is 9.10. The Morgan fingerprint density at radius 3 is 3.05 bits per heavy atom. The summed E-state index contributed by atoms with van der Waals surface area (Å²) in [5.41, 5.74) is 4.29. The van der Waals surface area contributed by atoms with Crippen molar-refractivity contribution in [2.45, 2.75) is 32.6 Å². The van der Waals surface area contributed by atoms with Crippen LogP contribution in [0.1, 0.15) is 36.0 Å². The second kappa shape index (κ2) is 5.40. The van der Waals surface area contributed by atoms with Gasteiger partial charge in [-0.3, -0.25) is 0 Å². The maximum Gasteiger partial charge on any atom is 0.409 e. The predicted octanol–water partition coefficient (Wildman–Crippen LogP) is 3.88. The molecule has 1 heterocycles. The minimum atomic E-state index is -0.161. The Kier molecular flexibility index (Phi) is 3.76. The molecule has 0 radical (unpaired) electrons. The first-order chi connectivity index (χ1) is 9.60. The van der Waals surface area contributed by atoms with Crippen LogP contribution in [-0.4, -0.2) is 30.7 Å². The molecule has 1 saturated heterocycles. The van der Waals surface area contributed by atoms with Crippen molar-refractivity contribution >= 4 is 22.0 Å². The smallest absolute Gasteiger partial charge is 0.409 e. The predicted molar refractivity (Wildman–Crippen MR) is 82.0 cm³/mol. The van der Waals surface area contributed by atoms with E-state index in [0.29, 0.717) is 18.4 Å². The lowest BCUT2D eigenvalue weighted by atomic mass is 9.86. The SMILES string of the molecule is CCOC(=O)N1CCC2Cc3c(C)cc(Br)cc3C2C1. The zero-order valence-corrected chi connectivity index (χ0v) is 13.6. The van der Waals surface area contributed by atoms with Crippen LogP contribution >= 0.6 is 15.9 Å². The van der Waals surface area contributed by atoms with E-state index in [1.165, 1.54) is 16.7 Å². The molecular formula is C16H20BrNO2. The third-order valence-corrected chi connectivity index (χ3v) is 5.08. The number of hydrogen-bond donors (Lipinski definition) is 0. The van der Waals surface area contributed by atoms with Crippen molar-refractivity contribution in [2.24, 2.45) is 5.92 Å². The lowest BCUT2D eigenvalue weighted by molar-refractivity contribution is 0.0876. The lowest BCUT2D eigenvalue weighted by Crippen LogP contribution is -2.42. The number of likely N-dealkylation sites (tertiary alicyclic amines) is 1. The Morgan fingerprint density at radius 1 is 1.50 bits per heavy atom. The van der Waals surface area contributed by atoms with Crippen molar-refractivity contribution in [3.05, 3.63) is 33.3 Å². The number of amides is 1. The summed E-state index contributed by atoms with van der Waals surface area (Å²) in [6, 6.07) is 4.43. The van der Waals surface area contributed by atoms with E-state index in [1.54, 1.807) is 0 Å².